The van der Waals surface area contributed by atoms with Crippen molar-refractivity contribution < 1.29 is 4.79 Å². The fraction of sp³-hybridized carbons (Fsp3) is 0.429. The first-order valence-corrected chi connectivity index (χ1v) is 4.95. The quantitative estimate of drug-likeness (QED) is 0.754. The highest BCUT2D eigenvalue weighted by molar-refractivity contribution is 7.09. The third kappa shape index (κ3) is 3.19. The first kappa shape index (κ1) is 9.48. The zero-order chi connectivity index (χ0) is 8.81. The number of hydrogen-bond donors (Lipinski definition) is 1. The van der Waals surface area contributed by atoms with Crippen LogP contribution in [0.2, 0.25) is 0 Å². The first-order chi connectivity index (χ1) is 5.83. The SMILES string of the molecule is O=C(CCCl)NCc1nccs1. The summed E-state index contributed by atoms with van der Waals surface area (Å²) in [5, 5.41) is 5.50. The van der Waals surface area contributed by atoms with Gasteiger partial charge in [0.25, 0.3) is 0 Å². The molecule has 1 heterocycles. The number of nitrogens with zero attached hydrogens (tertiary/aromatic N) is 1. The van der Waals surface area contributed by atoms with Gasteiger partial charge in [-0.1, -0.05) is 0 Å². The van der Waals surface area contributed by atoms with Gasteiger partial charge in [-0.05, 0) is 0 Å². The normalized spacial score (nSPS) is 9.75. The van der Waals surface area contributed by atoms with E-state index in [1.165, 1.54) is 11.3 Å². The molecule has 1 aromatic rings. The van der Waals surface area contributed by atoms with Gasteiger partial charge in [-0.2, -0.15) is 0 Å². The summed E-state index contributed by atoms with van der Waals surface area (Å²) in [5.74, 6) is 0.337. The Balaban J connectivity index is 2.22. The Morgan fingerprint density at radius 1 is 1.75 bits per heavy atom. The van der Waals surface area contributed by atoms with Crippen molar-refractivity contribution in [3.8, 4) is 0 Å². The van der Waals surface area contributed by atoms with Gasteiger partial charge in [0, 0.05) is 23.9 Å². The molecule has 0 radical (unpaired) electrons. The highest BCUT2D eigenvalue weighted by atomic mass is 35.5. The van der Waals surface area contributed by atoms with Crippen LogP contribution in [0.3, 0.4) is 0 Å². The van der Waals surface area contributed by atoms with E-state index < -0.39 is 0 Å². The van der Waals surface area contributed by atoms with Gasteiger partial charge in [0.05, 0.1) is 6.54 Å². The minimum atomic E-state index is -0.0276. The molecule has 0 aliphatic heterocycles. The molecule has 0 saturated heterocycles. The number of halogens is 1. The van der Waals surface area contributed by atoms with Crippen molar-refractivity contribution in [2.45, 2.75) is 13.0 Å². The molecule has 1 amide bonds. The fourth-order valence-corrected chi connectivity index (χ4v) is 1.42. The van der Waals surface area contributed by atoms with Crippen molar-refractivity contribution in [2.24, 2.45) is 0 Å². The third-order valence-electron chi connectivity index (χ3n) is 1.24. The lowest BCUT2D eigenvalue weighted by Gasteiger charge is -1.99. The second-order valence-electron chi connectivity index (χ2n) is 2.14. The van der Waals surface area contributed by atoms with E-state index in [1.807, 2.05) is 5.38 Å². The molecule has 0 aliphatic rings. The van der Waals surface area contributed by atoms with Gasteiger partial charge in [0.15, 0.2) is 0 Å². The Morgan fingerprint density at radius 3 is 3.17 bits per heavy atom. The Kier molecular flexibility index (Phi) is 4.04. The Hall–Kier alpha value is -0.610. The summed E-state index contributed by atoms with van der Waals surface area (Å²) in [7, 11) is 0. The monoisotopic (exact) mass is 204 g/mol. The molecule has 1 N–H and O–H groups in total. The second kappa shape index (κ2) is 5.11. The third-order valence-corrected chi connectivity index (χ3v) is 2.21. The number of nitrogens with one attached hydrogen (secondary N) is 1. The number of hydrogen-bond acceptors (Lipinski definition) is 3. The van der Waals surface area contributed by atoms with Crippen LogP contribution in [-0.4, -0.2) is 16.8 Å². The largest absolute Gasteiger partial charge is 0.350 e. The maximum absolute atomic E-state index is 10.9. The maximum Gasteiger partial charge on any atom is 0.221 e. The van der Waals surface area contributed by atoms with Crippen LogP contribution < -0.4 is 5.32 Å². The van der Waals surface area contributed by atoms with Gasteiger partial charge in [-0.25, -0.2) is 4.98 Å². The molecule has 0 spiro atoms. The molecule has 0 aromatic carbocycles. The number of aromatic nitrogens is 1. The summed E-state index contributed by atoms with van der Waals surface area (Å²) in [6.45, 7) is 0.507. The van der Waals surface area contributed by atoms with E-state index in [4.69, 9.17) is 11.6 Å². The number of thiazole rings is 1. The molecule has 66 valence electrons. The fourth-order valence-electron chi connectivity index (χ4n) is 0.689. The zero-order valence-corrected chi connectivity index (χ0v) is 7.99. The molecule has 1 rings (SSSR count). The summed E-state index contributed by atoms with van der Waals surface area (Å²) in [5.41, 5.74) is 0. The van der Waals surface area contributed by atoms with Crippen molar-refractivity contribution in [3.63, 3.8) is 0 Å². The predicted octanol–water partition coefficient (Wildman–Crippen LogP) is 1.39. The van der Waals surface area contributed by atoms with Gasteiger partial charge in [0.2, 0.25) is 5.91 Å². The van der Waals surface area contributed by atoms with Gasteiger partial charge in [-0.15, -0.1) is 22.9 Å². The second-order valence-corrected chi connectivity index (χ2v) is 3.50. The Bertz CT molecular complexity index is 238. The summed E-state index contributed by atoms with van der Waals surface area (Å²) in [6.07, 6.45) is 2.08. The molecule has 0 fully saturated rings. The van der Waals surface area contributed by atoms with Crippen LogP contribution >= 0.6 is 22.9 Å². The first-order valence-electron chi connectivity index (χ1n) is 3.54. The van der Waals surface area contributed by atoms with E-state index in [0.717, 1.165) is 5.01 Å². The molecule has 3 nitrogen and oxygen atoms in total. The molecule has 5 heteroatoms. The van der Waals surface area contributed by atoms with Crippen LogP contribution in [0.5, 0.6) is 0 Å². The van der Waals surface area contributed by atoms with Crippen LogP contribution in [0.1, 0.15) is 11.4 Å². The van der Waals surface area contributed by atoms with E-state index in [-0.39, 0.29) is 5.91 Å². The predicted molar refractivity (Wildman–Crippen MR) is 49.3 cm³/mol. The van der Waals surface area contributed by atoms with Crippen molar-refractivity contribution in [1.29, 1.82) is 0 Å². The summed E-state index contributed by atoms with van der Waals surface area (Å²) >= 11 is 6.91. The molecule has 12 heavy (non-hydrogen) atoms. The van der Waals surface area contributed by atoms with Gasteiger partial charge >= 0.3 is 0 Å². The Morgan fingerprint density at radius 2 is 2.58 bits per heavy atom. The number of carbonyl (C=O) groups is 1. The highest BCUT2D eigenvalue weighted by Gasteiger charge is 2.00. The van der Waals surface area contributed by atoms with Crippen molar-refractivity contribution in [2.75, 3.05) is 5.88 Å². The molecule has 1 aromatic heterocycles. The van der Waals surface area contributed by atoms with E-state index >= 15 is 0 Å². The summed E-state index contributed by atoms with van der Waals surface area (Å²) in [4.78, 5) is 14.9. The van der Waals surface area contributed by atoms with Crippen LogP contribution in [0.15, 0.2) is 11.6 Å². The number of alkyl halides is 1. The van der Waals surface area contributed by atoms with Crippen molar-refractivity contribution in [3.05, 3.63) is 16.6 Å². The van der Waals surface area contributed by atoms with Crippen LogP contribution in [0.4, 0.5) is 0 Å². The highest BCUT2D eigenvalue weighted by Crippen LogP contribution is 2.02. The zero-order valence-electron chi connectivity index (χ0n) is 6.42. The molecule has 0 aliphatic carbocycles. The lowest BCUT2D eigenvalue weighted by molar-refractivity contribution is -0.120. The van der Waals surface area contributed by atoms with Gasteiger partial charge < -0.3 is 5.32 Å². The van der Waals surface area contributed by atoms with E-state index in [2.05, 4.69) is 10.3 Å². The molecule has 0 atom stereocenters. The standard InChI is InChI=1S/C7H9ClN2OS/c8-2-1-6(11)10-5-7-9-3-4-12-7/h3-4H,1-2,5H2,(H,10,11). The van der Waals surface area contributed by atoms with E-state index in [0.29, 0.717) is 18.8 Å². The van der Waals surface area contributed by atoms with E-state index in [1.54, 1.807) is 6.20 Å². The minimum Gasteiger partial charge on any atom is -0.350 e. The minimum absolute atomic E-state index is 0.0276. The number of amides is 1. The van der Waals surface area contributed by atoms with Gasteiger partial charge in [-0.3, -0.25) is 4.79 Å². The molecule has 0 saturated carbocycles. The molecule has 0 unspecified atom stereocenters. The average Bonchev–Trinajstić information content (AvgIpc) is 2.53. The van der Waals surface area contributed by atoms with Crippen molar-refractivity contribution >= 4 is 28.8 Å². The van der Waals surface area contributed by atoms with Crippen LogP contribution in [-0.2, 0) is 11.3 Å². The maximum atomic E-state index is 10.9. The van der Waals surface area contributed by atoms with Gasteiger partial charge in [0.1, 0.15) is 5.01 Å². The topological polar surface area (TPSA) is 42.0 Å². The summed E-state index contributed by atoms with van der Waals surface area (Å²) in [6, 6.07) is 0. The molecular formula is C7H9ClN2OS. The van der Waals surface area contributed by atoms with E-state index in [9.17, 15) is 4.79 Å². The number of carbonyl (C=O) groups excluding carboxylic acids is 1. The Labute approximate surface area is 79.8 Å². The van der Waals surface area contributed by atoms with Crippen LogP contribution in [0, 0.1) is 0 Å². The lowest BCUT2D eigenvalue weighted by Crippen LogP contribution is -2.22. The smallest absolute Gasteiger partial charge is 0.221 e. The molecular weight excluding hydrogens is 196 g/mol. The number of rotatable bonds is 4. The lowest BCUT2D eigenvalue weighted by atomic mass is 10.4. The van der Waals surface area contributed by atoms with Crippen LogP contribution in [0.25, 0.3) is 0 Å². The summed E-state index contributed by atoms with van der Waals surface area (Å²) < 4.78 is 0. The molecule has 0 bridgehead atoms. The van der Waals surface area contributed by atoms with Crippen molar-refractivity contribution in [1.82, 2.24) is 10.3 Å². The average molecular weight is 205 g/mol.